The highest BCUT2D eigenvalue weighted by molar-refractivity contribution is 6.42. The number of aromatic nitrogens is 1. The van der Waals surface area contributed by atoms with Crippen molar-refractivity contribution in [1.29, 1.82) is 0 Å². The lowest BCUT2D eigenvalue weighted by atomic mass is 9.87. The molecule has 94 valence electrons. The molecule has 0 bridgehead atoms. The van der Waals surface area contributed by atoms with Crippen LogP contribution in [0.25, 0.3) is 0 Å². The molecule has 0 radical (unpaired) electrons. The lowest BCUT2D eigenvalue weighted by Crippen LogP contribution is -2.31. The van der Waals surface area contributed by atoms with Gasteiger partial charge in [0.2, 0.25) is 0 Å². The smallest absolute Gasteiger partial charge is 0.150 e. The highest BCUT2D eigenvalue weighted by Gasteiger charge is 2.34. The zero-order valence-electron chi connectivity index (χ0n) is 9.86. The van der Waals surface area contributed by atoms with Crippen molar-refractivity contribution < 1.29 is 0 Å². The minimum Gasteiger partial charge on any atom is -0.366 e. The van der Waals surface area contributed by atoms with Crippen LogP contribution in [-0.2, 0) is 0 Å². The summed E-state index contributed by atoms with van der Waals surface area (Å²) in [5.74, 6) is 0.626. The number of anilines is 1. The van der Waals surface area contributed by atoms with Gasteiger partial charge in [-0.3, -0.25) is 0 Å². The third-order valence-electron chi connectivity index (χ3n) is 3.45. The largest absolute Gasteiger partial charge is 0.366 e. The van der Waals surface area contributed by atoms with E-state index in [1.165, 1.54) is 12.8 Å². The molecule has 1 aromatic rings. The van der Waals surface area contributed by atoms with Gasteiger partial charge < -0.3 is 5.32 Å². The van der Waals surface area contributed by atoms with Crippen LogP contribution in [0.2, 0.25) is 15.2 Å². The quantitative estimate of drug-likeness (QED) is 0.773. The zero-order valence-corrected chi connectivity index (χ0v) is 12.1. The molecule has 1 aliphatic carbocycles. The topological polar surface area (TPSA) is 24.9 Å². The lowest BCUT2D eigenvalue weighted by Gasteiger charge is -2.28. The molecule has 1 N–H and O–H groups in total. The summed E-state index contributed by atoms with van der Waals surface area (Å²) in [6.45, 7) is 4.51. The Morgan fingerprint density at radius 3 is 2.59 bits per heavy atom. The Hall–Kier alpha value is -0.180. The van der Waals surface area contributed by atoms with Crippen LogP contribution in [0.3, 0.4) is 0 Å². The summed E-state index contributed by atoms with van der Waals surface area (Å²) in [6, 6.07) is 2.01. The van der Waals surface area contributed by atoms with Crippen LogP contribution in [0, 0.1) is 5.41 Å². The molecule has 0 amide bonds. The lowest BCUT2D eigenvalue weighted by molar-refractivity contribution is 0.349. The molecule has 0 saturated heterocycles. The van der Waals surface area contributed by atoms with Gasteiger partial charge in [-0.1, -0.05) is 55.1 Å². The third-order valence-corrected chi connectivity index (χ3v) is 4.42. The van der Waals surface area contributed by atoms with Gasteiger partial charge in [0, 0.05) is 6.04 Å². The molecule has 1 heterocycles. The Balaban J connectivity index is 2.22. The number of halogens is 3. The second-order valence-corrected chi connectivity index (χ2v) is 6.34. The van der Waals surface area contributed by atoms with Crippen LogP contribution >= 0.6 is 34.8 Å². The molecule has 5 heteroatoms. The Kier molecular flexibility index (Phi) is 3.77. The first kappa shape index (κ1) is 13.3. The number of pyridine rings is 1. The van der Waals surface area contributed by atoms with Crippen molar-refractivity contribution in [3.8, 4) is 0 Å². The van der Waals surface area contributed by atoms with Gasteiger partial charge in [0.15, 0.2) is 0 Å². The average Bonchev–Trinajstić information content (AvgIpc) is 2.55. The van der Waals surface area contributed by atoms with Crippen molar-refractivity contribution in [1.82, 2.24) is 4.98 Å². The van der Waals surface area contributed by atoms with Gasteiger partial charge in [-0.25, -0.2) is 4.98 Å². The number of nitrogens with one attached hydrogen (secondary N) is 1. The zero-order chi connectivity index (χ0) is 12.6. The summed E-state index contributed by atoms with van der Waals surface area (Å²) >= 11 is 17.9. The van der Waals surface area contributed by atoms with Crippen molar-refractivity contribution in [2.45, 2.75) is 39.2 Å². The molecule has 1 aromatic heterocycles. The number of hydrogen-bond donors (Lipinski definition) is 1. The molecule has 1 unspecified atom stereocenters. The Bertz CT molecular complexity index is 432. The summed E-state index contributed by atoms with van der Waals surface area (Å²) < 4.78 is 0. The summed E-state index contributed by atoms with van der Waals surface area (Å²) in [5.41, 5.74) is 0.261. The van der Waals surface area contributed by atoms with Crippen molar-refractivity contribution in [2.75, 3.05) is 5.32 Å². The monoisotopic (exact) mass is 292 g/mol. The van der Waals surface area contributed by atoms with Gasteiger partial charge in [-0.05, 0) is 24.3 Å². The molecule has 1 fully saturated rings. The molecule has 2 nitrogen and oxygen atoms in total. The van der Waals surface area contributed by atoms with Crippen LogP contribution < -0.4 is 5.32 Å². The van der Waals surface area contributed by atoms with E-state index in [0.717, 1.165) is 6.42 Å². The van der Waals surface area contributed by atoms with Crippen LogP contribution in [0.5, 0.6) is 0 Å². The molecule has 1 aliphatic rings. The number of hydrogen-bond acceptors (Lipinski definition) is 2. The second-order valence-electron chi connectivity index (χ2n) is 5.17. The van der Waals surface area contributed by atoms with Crippen molar-refractivity contribution in [3.63, 3.8) is 0 Å². The second kappa shape index (κ2) is 4.83. The van der Waals surface area contributed by atoms with Gasteiger partial charge in [0.1, 0.15) is 11.0 Å². The van der Waals surface area contributed by atoms with Crippen LogP contribution in [0.4, 0.5) is 5.82 Å². The molecule has 2 rings (SSSR count). The first-order valence-corrected chi connectivity index (χ1v) is 6.81. The van der Waals surface area contributed by atoms with E-state index in [-0.39, 0.29) is 10.6 Å². The van der Waals surface area contributed by atoms with Crippen LogP contribution in [0.15, 0.2) is 6.07 Å². The van der Waals surface area contributed by atoms with E-state index in [4.69, 9.17) is 34.8 Å². The molecule has 0 spiro atoms. The number of rotatable bonds is 2. The maximum atomic E-state index is 6.10. The predicted octanol–water partition coefficient (Wildman–Crippen LogP) is 5.03. The van der Waals surface area contributed by atoms with E-state index < -0.39 is 0 Å². The SMILES string of the molecule is CC1(C)CCCC1Nc1nc(Cl)c(Cl)cc1Cl. The average molecular weight is 294 g/mol. The van der Waals surface area contributed by atoms with E-state index in [0.29, 0.717) is 21.9 Å². The minimum absolute atomic E-state index is 0.261. The van der Waals surface area contributed by atoms with Gasteiger partial charge >= 0.3 is 0 Å². The first-order valence-electron chi connectivity index (χ1n) is 5.68. The van der Waals surface area contributed by atoms with Crippen molar-refractivity contribution in [2.24, 2.45) is 5.41 Å². The van der Waals surface area contributed by atoms with E-state index in [1.54, 1.807) is 6.07 Å². The van der Waals surface area contributed by atoms with E-state index >= 15 is 0 Å². The van der Waals surface area contributed by atoms with Gasteiger partial charge in [0.25, 0.3) is 0 Å². The van der Waals surface area contributed by atoms with Crippen molar-refractivity contribution in [3.05, 3.63) is 21.3 Å². The van der Waals surface area contributed by atoms with Gasteiger partial charge in [-0.15, -0.1) is 0 Å². The summed E-state index contributed by atoms with van der Waals surface area (Å²) in [7, 11) is 0. The van der Waals surface area contributed by atoms with E-state index in [2.05, 4.69) is 24.1 Å². The van der Waals surface area contributed by atoms with Crippen molar-refractivity contribution >= 4 is 40.6 Å². The fraction of sp³-hybridized carbons (Fsp3) is 0.583. The minimum atomic E-state index is 0.261. The fourth-order valence-electron chi connectivity index (χ4n) is 2.30. The van der Waals surface area contributed by atoms with Gasteiger partial charge in [0.05, 0.1) is 10.0 Å². The Labute approximate surface area is 117 Å². The third kappa shape index (κ3) is 2.81. The fourth-order valence-corrected chi connectivity index (χ4v) is 2.86. The Morgan fingerprint density at radius 2 is 2.00 bits per heavy atom. The number of nitrogens with zero attached hydrogens (tertiary/aromatic N) is 1. The molecule has 1 atom stereocenters. The molecule has 1 saturated carbocycles. The van der Waals surface area contributed by atoms with E-state index in [1.807, 2.05) is 0 Å². The van der Waals surface area contributed by atoms with Gasteiger partial charge in [-0.2, -0.15) is 0 Å². The molecule has 0 aliphatic heterocycles. The highest BCUT2D eigenvalue weighted by Crippen LogP contribution is 2.40. The molecular formula is C12H15Cl3N2. The predicted molar refractivity (Wildman–Crippen MR) is 74.3 cm³/mol. The standard InChI is InChI=1S/C12H15Cl3N2/c1-12(2)5-3-4-9(12)16-11-8(14)6-7(13)10(15)17-11/h6,9H,3-5H2,1-2H3,(H,16,17). The van der Waals surface area contributed by atoms with Crippen LogP contribution in [-0.4, -0.2) is 11.0 Å². The first-order chi connectivity index (χ1) is 7.90. The highest BCUT2D eigenvalue weighted by atomic mass is 35.5. The maximum absolute atomic E-state index is 6.10. The van der Waals surface area contributed by atoms with E-state index in [9.17, 15) is 0 Å². The maximum Gasteiger partial charge on any atom is 0.150 e. The van der Waals surface area contributed by atoms with Crippen LogP contribution in [0.1, 0.15) is 33.1 Å². The summed E-state index contributed by atoms with van der Waals surface area (Å²) in [5, 5.41) is 4.57. The summed E-state index contributed by atoms with van der Waals surface area (Å²) in [4.78, 5) is 4.19. The Morgan fingerprint density at radius 1 is 1.29 bits per heavy atom. The molecule has 0 aromatic carbocycles. The summed E-state index contributed by atoms with van der Waals surface area (Å²) in [6.07, 6.45) is 3.57. The molecule has 17 heavy (non-hydrogen) atoms. The normalized spacial score (nSPS) is 22.8. The molecular weight excluding hydrogens is 279 g/mol.